The number of nitrogens with one attached hydrogen (secondary N) is 1. The van der Waals surface area contributed by atoms with E-state index >= 15 is 0 Å². The van der Waals surface area contributed by atoms with Crippen LogP contribution in [-0.2, 0) is 13.1 Å². The number of unbranched alkanes of at least 4 members (excludes halogenated alkanes) is 1. The molecule has 0 unspecified atom stereocenters. The second kappa shape index (κ2) is 7.04. The van der Waals surface area contributed by atoms with Gasteiger partial charge in [-0.1, -0.05) is 6.07 Å². The number of aryl methyl sites for hydroxylation is 2. The minimum absolute atomic E-state index is 0.164. The van der Waals surface area contributed by atoms with E-state index in [1.165, 1.54) is 6.07 Å². The molecule has 2 aromatic rings. The zero-order valence-electron chi connectivity index (χ0n) is 11.3. The fourth-order valence-corrected chi connectivity index (χ4v) is 2.02. The summed E-state index contributed by atoms with van der Waals surface area (Å²) in [6, 6.07) is 4.93. The SMILES string of the molecule is Cc1ccc(F)cc1CNCCCCn1ccnc1. The van der Waals surface area contributed by atoms with Crippen LogP contribution >= 0.6 is 0 Å². The Kier molecular flexibility index (Phi) is 5.10. The Morgan fingerprint density at radius 3 is 3.00 bits per heavy atom. The number of nitrogens with zero attached hydrogens (tertiary/aromatic N) is 2. The van der Waals surface area contributed by atoms with Crippen molar-refractivity contribution in [2.45, 2.75) is 32.9 Å². The van der Waals surface area contributed by atoms with Gasteiger partial charge in [-0.15, -0.1) is 0 Å². The van der Waals surface area contributed by atoms with Crippen LogP contribution in [0, 0.1) is 12.7 Å². The van der Waals surface area contributed by atoms with E-state index in [9.17, 15) is 4.39 Å². The summed E-state index contributed by atoms with van der Waals surface area (Å²) in [5.41, 5.74) is 2.17. The number of imidazole rings is 1. The zero-order valence-corrected chi connectivity index (χ0v) is 11.3. The van der Waals surface area contributed by atoms with Crippen LogP contribution in [0.3, 0.4) is 0 Å². The summed E-state index contributed by atoms with van der Waals surface area (Å²) in [7, 11) is 0. The van der Waals surface area contributed by atoms with Gasteiger partial charge in [0, 0.05) is 25.5 Å². The fraction of sp³-hybridized carbons (Fsp3) is 0.400. The molecule has 0 atom stereocenters. The van der Waals surface area contributed by atoms with E-state index in [2.05, 4.69) is 14.9 Å². The summed E-state index contributed by atoms with van der Waals surface area (Å²) in [4.78, 5) is 4.01. The lowest BCUT2D eigenvalue weighted by Crippen LogP contribution is -2.16. The van der Waals surface area contributed by atoms with Gasteiger partial charge in [0.15, 0.2) is 0 Å². The standard InChI is InChI=1S/C15H20FN3/c1-13-4-5-15(16)10-14(13)11-17-6-2-3-8-19-9-7-18-12-19/h4-5,7,9-10,12,17H,2-3,6,8,11H2,1H3. The first kappa shape index (κ1) is 13.7. The summed E-state index contributed by atoms with van der Waals surface area (Å²) >= 11 is 0. The molecule has 1 aromatic heterocycles. The lowest BCUT2D eigenvalue weighted by Gasteiger charge is -2.08. The van der Waals surface area contributed by atoms with Gasteiger partial charge in [-0.2, -0.15) is 0 Å². The third-order valence-corrected chi connectivity index (χ3v) is 3.21. The van der Waals surface area contributed by atoms with Gasteiger partial charge in [0.05, 0.1) is 6.33 Å². The number of halogens is 1. The Morgan fingerprint density at radius 2 is 2.21 bits per heavy atom. The Labute approximate surface area is 113 Å². The number of hydrogen-bond donors (Lipinski definition) is 1. The quantitative estimate of drug-likeness (QED) is 0.777. The molecule has 0 aliphatic heterocycles. The van der Waals surface area contributed by atoms with Crippen LogP contribution in [0.5, 0.6) is 0 Å². The summed E-state index contributed by atoms with van der Waals surface area (Å²) in [5, 5.41) is 3.36. The van der Waals surface area contributed by atoms with Gasteiger partial charge in [-0.25, -0.2) is 9.37 Å². The van der Waals surface area contributed by atoms with Gasteiger partial charge >= 0.3 is 0 Å². The molecule has 1 N–H and O–H groups in total. The average molecular weight is 261 g/mol. The molecule has 1 aromatic carbocycles. The van der Waals surface area contributed by atoms with E-state index in [0.29, 0.717) is 0 Å². The molecular formula is C15H20FN3. The number of hydrogen-bond acceptors (Lipinski definition) is 2. The van der Waals surface area contributed by atoms with E-state index in [1.807, 2.05) is 25.5 Å². The molecule has 19 heavy (non-hydrogen) atoms. The first-order valence-corrected chi connectivity index (χ1v) is 6.67. The van der Waals surface area contributed by atoms with Crippen LogP contribution < -0.4 is 5.32 Å². The van der Waals surface area contributed by atoms with Gasteiger partial charge in [0.1, 0.15) is 5.82 Å². The van der Waals surface area contributed by atoms with E-state index in [-0.39, 0.29) is 5.82 Å². The van der Waals surface area contributed by atoms with Crippen molar-refractivity contribution in [3.8, 4) is 0 Å². The van der Waals surface area contributed by atoms with Crippen molar-refractivity contribution in [2.75, 3.05) is 6.54 Å². The van der Waals surface area contributed by atoms with Gasteiger partial charge < -0.3 is 9.88 Å². The lowest BCUT2D eigenvalue weighted by atomic mass is 10.1. The minimum Gasteiger partial charge on any atom is -0.337 e. The predicted molar refractivity (Wildman–Crippen MR) is 74.3 cm³/mol. The Bertz CT molecular complexity index is 494. The van der Waals surface area contributed by atoms with Crippen LogP contribution in [0.1, 0.15) is 24.0 Å². The van der Waals surface area contributed by atoms with Crippen molar-refractivity contribution in [1.29, 1.82) is 0 Å². The molecular weight excluding hydrogens is 241 g/mol. The van der Waals surface area contributed by atoms with Crippen molar-refractivity contribution >= 4 is 0 Å². The molecule has 0 radical (unpaired) electrons. The average Bonchev–Trinajstić information content (AvgIpc) is 2.90. The smallest absolute Gasteiger partial charge is 0.123 e. The lowest BCUT2D eigenvalue weighted by molar-refractivity contribution is 0.565. The highest BCUT2D eigenvalue weighted by Gasteiger charge is 1.99. The Balaban J connectivity index is 1.62. The molecule has 2 rings (SSSR count). The molecule has 4 heteroatoms. The second-order valence-corrected chi connectivity index (χ2v) is 4.76. The molecule has 3 nitrogen and oxygen atoms in total. The van der Waals surface area contributed by atoms with Crippen LogP contribution in [0.4, 0.5) is 4.39 Å². The summed E-state index contributed by atoms with van der Waals surface area (Å²) in [6.45, 7) is 4.69. The van der Waals surface area contributed by atoms with Crippen molar-refractivity contribution < 1.29 is 4.39 Å². The maximum absolute atomic E-state index is 13.1. The van der Waals surface area contributed by atoms with Gasteiger partial charge in [0.2, 0.25) is 0 Å². The van der Waals surface area contributed by atoms with Crippen molar-refractivity contribution in [2.24, 2.45) is 0 Å². The molecule has 1 heterocycles. The number of rotatable bonds is 7. The van der Waals surface area contributed by atoms with Gasteiger partial charge in [0.25, 0.3) is 0 Å². The van der Waals surface area contributed by atoms with Gasteiger partial charge in [-0.3, -0.25) is 0 Å². The zero-order chi connectivity index (χ0) is 13.5. The summed E-state index contributed by atoms with van der Waals surface area (Å²) < 4.78 is 15.2. The number of aromatic nitrogens is 2. The molecule has 0 saturated carbocycles. The van der Waals surface area contributed by atoms with Crippen LogP contribution in [0.25, 0.3) is 0 Å². The summed E-state index contributed by atoms with van der Waals surface area (Å²) in [6.07, 6.45) is 7.83. The molecule has 0 amide bonds. The third kappa shape index (κ3) is 4.48. The maximum Gasteiger partial charge on any atom is 0.123 e. The fourth-order valence-electron chi connectivity index (χ4n) is 2.02. The molecule has 0 aliphatic carbocycles. The first-order chi connectivity index (χ1) is 9.25. The molecule has 0 bridgehead atoms. The largest absolute Gasteiger partial charge is 0.337 e. The van der Waals surface area contributed by atoms with E-state index < -0.39 is 0 Å². The van der Waals surface area contributed by atoms with Crippen LogP contribution in [-0.4, -0.2) is 16.1 Å². The molecule has 0 fully saturated rings. The molecule has 0 aliphatic rings. The normalized spacial score (nSPS) is 10.8. The van der Waals surface area contributed by atoms with Crippen molar-refractivity contribution in [1.82, 2.24) is 14.9 Å². The maximum atomic E-state index is 13.1. The first-order valence-electron chi connectivity index (χ1n) is 6.67. The number of benzene rings is 1. The van der Waals surface area contributed by atoms with E-state index in [0.717, 1.165) is 43.6 Å². The highest BCUT2D eigenvalue weighted by molar-refractivity contribution is 5.26. The second-order valence-electron chi connectivity index (χ2n) is 4.76. The minimum atomic E-state index is -0.164. The van der Waals surface area contributed by atoms with E-state index in [1.54, 1.807) is 12.3 Å². The summed E-state index contributed by atoms with van der Waals surface area (Å²) in [5.74, 6) is -0.164. The molecule has 0 saturated heterocycles. The predicted octanol–water partition coefficient (Wildman–Crippen LogP) is 2.90. The van der Waals surface area contributed by atoms with E-state index in [4.69, 9.17) is 0 Å². The van der Waals surface area contributed by atoms with Gasteiger partial charge in [-0.05, 0) is 49.6 Å². The highest BCUT2D eigenvalue weighted by atomic mass is 19.1. The van der Waals surface area contributed by atoms with Crippen molar-refractivity contribution in [3.63, 3.8) is 0 Å². The Morgan fingerprint density at radius 1 is 1.32 bits per heavy atom. The third-order valence-electron chi connectivity index (χ3n) is 3.21. The van der Waals surface area contributed by atoms with Crippen molar-refractivity contribution in [3.05, 3.63) is 53.9 Å². The van der Waals surface area contributed by atoms with Crippen LogP contribution in [0.2, 0.25) is 0 Å². The highest BCUT2D eigenvalue weighted by Crippen LogP contribution is 2.09. The topological polar surface area (TPSA) is 29.9 Å². The monoisotopic (exact) mass is 261 g/mol. The van der Waals surface area contributed by atoms with Crippen LogP contribution in [0.15, 0.2) is 36.9 Å². The molecule has 0 spiro atoms. The molecule has 102 valence electrons. The Hall–Kier alpha value is -1.68.